The first-order valence-electron chi connectivity index (χ1n) is 8.76. The second-order valence-corrected chi connectivity index (χ2v) is 6.15. The standard InChI is InChI=1S/C19H25N3O2/c23-19-18(17-7-2-1-3-8-17)9-10-20-22(19)13-5-4-11-21-12-6-15-24-16-14-21/h1-3,7-10H,4-6,11-16H2. The van der Waals surface area contributed by atoms with Gasteiger partial charge < -0.3 is 9.64 Å². The van der Waals surface area contributed by atoms with E-state index in [-0.39, 0.29) is 5.56 Å². The fourth-order valence-corrected chi connectivity index (χ4v) is 3.07. The predicted molar refractivity (Wildman–Crippen MR) is 95.0 cm³/mol. The molecule has 2 aromatic rings. The molecule has 128 valence electrons. The highest BCUT2D eigenvalue weighted by Crippen LogP contribution is 2.13. The van der Waals surface area contributed by atoms with E-state index in [0.717, 1.165) is 63.2 Å². The lowest BCUT2D eigenvalue weighted by Gasteiger charge is -2.18. The smallest absolute Gasteiger partial charge is 0.274 e. The summed E-state index contributed by atoms with van der Waals surface area (Å²) in [5.74, 6) is 0. The Morgan fingerprint density at radius 1 is 1.00 bits per heavy atom. The Morgan fingerprint density at radius 3 is 2.71 bits per heavy atom. The molecule has 1 aromatic carbocycles. The summed E-state index contributed by atoms with van der Waals surface area (Å²) in [6, 6.07) is 11.6. The minimum atomic E-state index is -0.00753. The SMILES string of the molecule is O=c1c(-c2ccccc2)ccnn1CCCCN1CCCOCC1. The van der Waals surface area contributed by atoms with Crippen LogP contribution in [0.4, 0.5) is 0 Å². The van der Waals surface area contributed by atoms with Crippen molar-refractivity contribution in [1.82, 2.24) is 14.7 Å². The van der Waals surface area contributed by atoms with Gasteiger partial charge in [0.15, 0.2) is 0 Å². The molecule has 1 saturated heterocycles. The van der Waals surface area contributed by atoms with E-state index in [1.807, 2.05) is 30.3 Å². The Kier molecular flexibility index (Phi) is 6.15. The van der Waals surface area contributed by atoms with Gasteiger partial charge in [0, 0.05) is 32.4 Å². The molecular weight excluding hydrogens is 302 g/mol. The molecular formula is C19H25N3O2. The molecule has 3 rings (SSSR count). The Labute approximate surface area is 142 Å². The van der Waals surface area contributed by atoms with Crippen LogP contribution in [-0.4, -0.2) is 47.5 Å². The van der Waals surface area contributed by atoms with Crippen LogP contribution in [0.25, 0.3) is 11.1 Å². The molecule has 0 amide bonds. The summed E-state index contributed by atoms with van der Waals surface area (Å²) in [5.41, 5.74) is 1.66. The molecule has 5 heteroatoms. The molecule has 1 aliphatic rings. The zero-order valence-corrected chi connectivity index (χ0v) is 14.1. The maximum atomic E-state index is 12.6. The van der Waals surface area contributed by atoms with Gasteiger partial charge in [-0.1, -0.05) is 30.3 Å². The van der Waals surface area contributed by atoms with Crippen LogP contribution in [0.1, 0.15) is 19.3 Å². The summed E-state index contributed by atoms with van der Waals surface area (Å²) in [6.07, 6.45) is 4.86. The minimum Gasteiger partial charge on any atom is -0.380 e. The number of hydrogen-bond acceptors (Lipinski definition) is 4. The van der Waals surface area contributed by atoms with E-state index in [1.165, 1.54) is 0 Å². The average Bonchev–Trinajstić information content (AvgIpc) is 2.89. The summed E-state index contributed by atoms with van der Waals surface area (Å²) < 4.78 is 7.07. The normalized spacial score (nSPS) is 16.0. The van der Waals surface area contributed by atoms with E-state index < -0.39 is 0 Å². The molecule has 1 aliphatic heterocycles. The summed E-state index contributed by atoms with van der Waals surface area (Å²) in [5, 5.41) is 4.23. The van der Waals surface area contributed by atoms with Crippen molar-refractivity contribution in [3.05, 3.63) is 52.9 Å². The number of hydrogen-bond donors (Lipinski definition) is 0. The number of aryl methyl sites for hydroxylation is 1. The van der Waals surface area contributed by atoms with E-state index >= 15 is 0 Å². The fourth-order valence-electron chi connectivity index (χ4n) is 3.07. The van der Waals surface area contributed by atoms with Gasteiger partial charge in [-0.25, -0.2) is 4.68 Å². The number of ether oxygens (including phenoxy) is 1. The topological polar surface area (TPSA) is 47.4 Å². The highest BCUT2D eigenvalue weighted by Gasteiger charge is 2.09. The summed E-state index contributed by atoms with van der Waals surface area (Å²) >= 11 is 0. The van der Waals surface area contributed by atoms with Gasteiger partial charge in [0.1, 0.15) is 0 Å². The van der Waals surface area contributed by atoms with Gasteiger partial charge >= 0.3 is 0 Å². The van der Waals surface area contributed by atoms with Crippen molar-refractivity contribution in [2.45, 2.75) is 25.8 Å². The molecule has 24 heavy (non-hydrogen) atoms. The largest absolute Gasteiger partial charge is 0.380 e. The van der Waals surface area contributed by atoms with Gasteiger partial charge in [0.2, 0.25) is 0 Å². The van der Waals surface area contributed by atoms with Crippen molar-refractivity contribution < 1.29 is 4.74 Å². The lowest BCUT2D eigenvalue weighted by Crippen LogP contribution is -2.28. The molecule has 0 unspecified atom stereocenters. The van der Waals surface area contributed by atoms with Gasteiger partial charge in [-0.2, -0.15) is 5.10 Å². The quantitative estimate of drug-likeness (QED) is 0.765. The van der Waals surface area contributed by atoms with Crippen LogP contribution < -0.4 is 5.56 Å². The highest BCUT2D eigenvalue weighted by molar-refractivity contribution is 5.61. The van der Waals surface area contributed by atoms with E-state index in [9.17, 15) is 4.79 Å². The molecule has 2 heterocycles. The second-order valence-electron chi connectivity index (χ2n) is 6.15. The summed E-state index contributed by atoms with van der Waals surface area (Å²) in [6.45, 7) is 5.58. The number of benzene rings is 1. The number of unbranched alkanes of at least 4 members (excludes halogenated alkanes) is 1. The van der Waals surface area contributed by atoms with Crippen LogP contribution in [0, 0.1) is 0 Å². The molecule has 0 atom stereocenters. The predicted octanol–water partition coefficient (Wildman–Crippen LogP) is 2.41. The van der Waals surface area contributed by atoms with Crippen LogP contribution in [0.15, 0.2) is 47.4 Å². The third-order valence-corrected chi connectivity index (χ3v) is 4.41. The van der Waals surface area contributed by atoms with Crippen LogP contribution in [-0.2, 0) is 11.3 Å². The second kappa shape index (κ2) is 8.76. The number of aromatic nitrogens is 2. The zero-order chi connectivity index (χ0) is 16.6. The minimum absolute atomic E-state index is 0.00753. The monoisotopic (exact) mass is 327 g/mol. The molecule has 0 aliphatic carbocycles. The van der Waals surface area contributed by atoms with Crippen LogP contribution in [0.3, 0.4) is 0 Å². The van der Waals surface area contributed by atoms with Crippen molar-refractivity contribution >= 4 is 0 Å². The van der Waals surface area contributed by atoms with E-state index in [2.05, 4.69) is 10.00 Å². The molecule has 1 fully saturated rings. The van der Waals surface area contributed by atoms with Crippen molar-refractivity contribution in [1.29, 1.82) is 0 Å². The third-order valence-electron chi connectivity index (χ3n) is 4.41. The molecule has 0 N–H and O–H groups in total. The molecule has 1 aromatic heterocycles. The van der Waals surface area contributed by atoms with Crippen molar-refractivity contribution in [2.24, 2.45) is 0 Å². The zero-order valence-electron chi connectivity index (χ0n) is 14.1. The first-order valence-corrected chi connectivity index (χ1v) is 8.76. The molecule has 0 saturated carbocycles. The van der Waals surface area contributed by atoms with Crippen LogP contribution >= 0.6 is 0 Å². The molecule has 0 bridgehead atoms. The molecule has 5 nitrogen and oxygen atoms in total. The van der Waals surface area contributed by atoms with Gasteiger partial charge in [-0.15, -0.1) is 0 Å². The number of nitrogens with zero attached hydrogens (tertiary/aromatic N) is 3. The van der Waals surface area contributed by atoms with E-state index in [0.29, 0.717) is 6.54 Å². The Balaban J connectivity index is 1.55. The Bertz CT molecular complexity index is 677. The first kappa shape index (κ1) is 16.9. The van der Waals surface area contributed by atoms with Crippen molar-refractivity contribution in [3.63, 3.8) is 0 Å². The Hall–Kier alpha value is -1.98. The first-order chi connectivity index (χ1) is 11.8. The molecule has 0 radical (unpaired) electrons. The maximum absolute atomic E-state index is 12.6. The van der Waals surface area contributed by atoms with Crippen LogP contribution in [0.5, 0.6) is 0 Å². The van der Waals surface area contributed by atoms with Gasteiger partial charge in [-0.3, -0.25) is 4.79 Å². The third kappa shape index (κ3) is 4.52. The summed E-state index contributed by atoms with van der Waals surface area (Å²) in [7, 11) is 0. The molecule has 0 spiro atoms. The van der Waals surface area contributed by atoms with Gasteiger partial charge in [0.25, 0.3) is 5.56 Å². The average molecular weight is 327 g/mol. The number of rotatable bonds is 6. The maximum Gasteiger partial charge on any atom is 0.274 e. The van der Waals surface area contributed by atoms with Gasteiger partial charge in [0.05, 0.1) is 12.2 Å². The van der Waals surface area contributed by atoms with Gasteiger partial charge in [-0.05, 0) is 37.4 Å². The van der Waals surface area contributed by atoms with Crippen molar-refractivity contribution in [2.75, 3.05) is 32.8 Å². The fraction of sp³-hybridized carbons (Fsp3) is 0.474. The van der Waals surface area contributed by atoms with Crippen molar-refractivity contribution in [3.8, 4) is 11.1 Å². The lowest BCUT2D eigenvalue weighted by molar-refractivity contribution is 0.141. The van der Waals surface area contributed by atoms with E-state index in [1.54, 1.807) is 16.9 Å². The summed E-state index contributed by atoms with van der Waals surface area (Å²) in [4.78, 5) is 15.0. The highest BCUT2D eigenvalue weighted by atomic mass is 16.5. The van der Waals surface area contributed by atoms with Crippen LogP contribution in [0.2, 0.25) is 0 Å². The Morgan fingerprint density at radius 2 is 1.83 bits per heavy atom. The van der Waals surface area contributed by atoms with E-state index in [4.69, 9.17) is 4.74 Å². The lowest BCUT2D eigenvalue weighted by atomic mass is 10.1.